The third-order valence-corrected chi connectivity index (χ3v) is 2.70. The zero-order chi connectivity index (χ0) is 13.2. The first-order valence-electron chi connectivity index (χ1n) is 6.37. The van der Waals surface area contributed by atoms with Crippen molar-refractivity contribution < 1.29 is 4.79 Å². The minimum Gasteiger partial charge on any atom is -0.352 e. The summed E-state index contributed by atoms with van der Waals surface area (Å²) in [6, 6.07) is 3.16. The lowest BCUT2D eigenvalue weighted by molar-refractivity contribution is -0.121. The molecule has 0 radical (unpaired) electrons. The molecule has 0 saturated heterocycles. The number of carbonyl (C=O) groups excluding carboxylic acids is 1. The van der Waals surface area contributed by atoms with E-state index < -0.39 is 0 Å². The average molecular weight is 324 g/mol. The lowest BCUT2D eigenvalue weighted by Crippen LogP contribution is -2.22. The van der Waals surface area contributed by atoms with Crippen LogP contribution in [0.1, 0.15) is 37.7 Å². The first-order valence-corrected chi connectivity index (χ1v) is 6.37. The summed E-state index contributed by atoms with van der Waals surface area (Å²) in [7, 11) is 0. The second-order valence-corrected chi connectivity index (χ2v) is 4.29. The van der Waals surface area contributed by atoms with Crippen LogP contribution in [-0.4, -0.2) is 17.4 Å². The first kappa shape index (κ1) is 21.3. The molecule has 5 nitrogen and oxygen atoms in total. The molecule has 1 aromatic heterocycles. The van der Waals surface area contributed by atoms with E-state index in [-0.39, 0.29) is 36.3 Å². The van der Waals surface area contributed by atoms with Gasteiger partial charge < -0.3 is 16.0 Å². The van der Waals surface area contributed by atoms with Gasteiger partial charge in [0.05, 0.1) is 0 Å². The second-order valence-electron chi connectivity index (χ2n) is 4.29. The largest absolute Gasteiger partial charge is 0.352 e. The number of hydrogen-bond donors (Lipinski definition) is 3. The van der Waals surface area contributed by atoms with Gasteiger partial charge in [-0.1, -0.05) is 18.9 Å². The molecule has 0 fully saturated rings. The molecule has 7 heteroatoms. The molecule has 4 N–H and O–H groups in total. The molecule has 0 aromatic carbocycles. The minimum absolute atomic E-state index is 0. The molecule has 116 valence electrons. The van der Waals surface area contributed by atoms with E-state index in [0.29, 0.717) is 13.0 Å². The number of unbranched alkanes of at least 4 members (excludes halogenated alkanes) is 3. The number of H-pyrrole nitrogens is 1. The van der Waals surface area contributed by atoms with E-state index in [4.69, 9.17) is 5.73 Å². The van der Waals surface area contributed by atoms with E-state index >= 15 is 0 Å². The predicted molar refractivity (Wildman–Crippen MR) is 85.5 cm³/mol. The number of nitrogens with one attached hydrogen (secondary N) is 2. The van der Waals surface area contributed by atoms with Crippen molar-refractivity contribution in [3.8, 4) is 0 Å². The van der Waals surface area contributed by atoms with Gasteiger partial charge >= 0.3 is 0 Å². The molecule has 1 amide bonds. The Kier molecular flexibility index (Phi) is 13.8. The van der Waals surface area contributed by atoms with Crippen molar-refractivity contribution in [3.05, 3.63) is 34.2 Å². The zero-order valence-electron chi connectivity index (χ0n) is 11.4. The zero-order valence-corrected chi connectivity index (χ0v) is 13.0. The first-order chi connectivity index (χ1) is 8.72. The third-order valence-electron chi connectivity index (χ3n) is 2.70. The quantitative estimate of drug-likeness (QED) is 0.637. The van der Waals surface area contributed by atoms with Crippen LogP contribution >= 0.6 is 24.8 Å². The molecule has 0 aliphatic heterocycles. The fourth-order valence-corrected chi connectivity index (χ4v) is 1.63. The van der Waals surface area contributed by atoms with E-state index in [9.17, 15) is 9.59 Å². The molecule has 0 aliphatic rings. The molecule has 0 spiro atoms. The molecular formula is C13H23Cl2N3O2. The monoisotopic (exact) mass is 323 g/mol. The summed E-state index contributed by atoms with van der Waals surface area (Å²) in [5.41, 5.74) is 6.15. The molecule has 1 aromatic rings. The maximum Gasteiger partial charge on any atom is 0.247 e. The molecule has 0 unspecified atom stereocenters. The Hall–Kier alpha value is -1.04. The van der Waals surface area contributed by atoms with Crippen molar-refractivity contribution >= 4 is 30.7 Å². The molecule has 1 rings (SSSR count). The maximum absolute atomic E-state index is 11.5. The Labute approximate surface area is 131 Å². The van der Waals surface area contributed by atoms with Crippen molar-refractivity contribution in [2.75, 3.05) is 6.54 Å². The lowest BCUT2D eigenvalue weighted by atomic mass is 10.1. The fraction of sp³-hybridized carbons (Fsp3) is 0.538. The highest BCUT2D eigenvalue weighted by atomic mass is 35.5. The van der Waals surface area contributed by atoms with Gasteiger partial charge in [0.1, 0.15) is 0 Å². The van der Waals surface area contributed by atoms with E-state index in [0.717, 1.165) is 37.8 Å². The summed E-state index contributed by atoms with van der Waals surface area (Å²) >= 11 is 0. The molecule has 0 atom stereocenters. The number of aromatic amines is 1. The fourth-order valence-electron chi connectivity index (χ4n) is 1.63. The van der Waals surface area contributed by atoms with Crippen molar-refractivity contribution in [1.82, 2.24) is 10.3 Å². The summed E-state index contributed by atoms with van der Waals surface area (Å²) in [5.74, 6) is 0.0500. The minimum atomic E-state index is -0.134. The SMILES string of the molecule is Cl.Cl.NCCCCCCC(=O)NCc1ccc(=O)[nH]c1. The van der Waals surface area contributed by atoms with Crippen molar-refractivity contribution in [3.63, 3.8) is 0 Å². The van der Waals surface area contributed by atoms with Gasteiger partial charge in [-0.15, -0.1) is 24.8 Å². The third kappa shape index (κ3) is 9.83. The van der Waals surface area contributed by atoms with E-state index in [1.807, 2.05) is 0 Å². The van der Waals surface area contributed by atoms with E-state index in [2.05, 4.69) is 10.3 Å². The summed E-state index contributed by atoms with van der Waals surface area (Å²) in [4.78, 5) is 24.9. The number of nitrogens with two attached hydrogens (primary N) is 1. The van der Waals surface area contributed by atoms with Gasteiger partial charge in [-0.2, -0.15) is 0 Å². The molecule has 20 heavy (non-hydrogen) atoms. The summed E-state index contributed by atoms with van der Waals surface area (Å²) in [6.07, 6.45) is 6.22. The summed E-state index contributed by atoms with van der Waals surface area (Å²) in [5, 5.41) is 2.82. The van der Waals surface area contributed by atoms with Crippen molar-refractivity contribution in [2.24, 2.45) is 5.73 Å². The van der Waals surface area contributed by atoms with Gasteiger partial charge in [-0.25, -0.2) is 0 Å². The van der Waals surface area contributed by atoms with Crippen LogP contribution in [0.2, 0.25) is 0 Å². The van der Waals surface area contributed by atoms with Gasteiger partial charge in [0.2, 0.25) is 11.5 Å². The Balaban J connectivity index is 0. The van der Waals surface area contributed by atoms with E-state index in [1.165, 1.54) is 6.07 Å². The number of amides is 1. The average Bonchev–Trinajstić information content (AvgIpc) is 2.38. The topological polar surface area (TPSA) is 88.0 Å². The molecule has 0 aliphatic carbocycles. The van der Waals surface area contributed by atoms with Gasteiger partial charge in [0, 0.05) is 25.2 Å². The highest BCUT2D eigenvalue weighted by Crippen LogP contribution is 2.02. The van der Waals surface area contributed by atoms with E-state index in [1.54, 1.807) is 12.3 Å². The van der Waals surface area contributed by atoms with Crippen molar-refractivity contribution in [2.45, 2.75) is 38.6 Å². The number of hydrogen-bond acceptors (Lipinski definition) is 3. The van der Waals surface area contributed by atoms with Crippen LogP contribution in [0.5, 0.6) is 0 Å². The van der Waals surface area contributed by atoms with Crippen LogP contribution in [-0.2, 0) is 11.3 Å². The van der Waals surface area contributed by atoms with Crippen LogP contribution in [0.4, 0.5) is 0 Å². The smallest absolute Gasteiger partial charge is 0.247 e. The number of carbonyl (C=O) groups is 1. The van der Waals surface area contributed by atoms with Crippen LogP contribution in [0.3, 0.4) is 0 Å². The second kappa shape index (κ2) is 13.0. The standard InChI is InChI=1S/C13H21N3O2.2ClH/c14-8-4-2-1-3-5-12(17)15-9-11-6-7-13(18)16-10-11;;/h6-7,10H,1-5,8-9,14H2,(H,15,17)(H,16,18);2*1H. The number of pyridine rings is 1. The molecular weight excluding hydrogens is 301 g/mol. The highest BCUT2D eigenvalue weighted by Gasteiger charge is 2.01. The Morgan fingerprint density at radius 2 is 1.85 bits per heavy atom. The van der Waals surface area contributed by atoms with Crippen LogP contribution in [0.15, 0.2) is 23.1 Å². The maximum atomic E-state index is 11.5. The lowest BCUT2D eigenvalue weighted by Gasteiger charge is -2.05. The Bertz CT molecular complexity index is 404. The Morgan fingerprint density at radius 1 is 1.15 bits per heavy atom. The van der Waals surface area contributed by atoms with Crippen LogP contribution in [0, 0.1) is 0 Å². The Morgan fingerprint density at radius 3 is 2.45 bits per heavy atom. The van der Waals surface area contributed by atoms with Crippen molar-refractivity contribution in [1.29, 1.82) is 0 Å². The highest BCUT2D eigenvalue weighted by molar-refractivity contribution is 5.85. The van der Waals surface area contributed by atoms with Gasteiger partial charge in [-0.3, -0.25) is 9.59 Å². The van der Waals surface area contributed by atoms with Crippen LogP contribution < -0.4 is 16.6 Å². The summed E-state index contributed by atoms with van der Waals surface area (Å²) in [6.45, 7) is 1.18. The normalized spacial score (nSPS) is 9.25. The van der Waals surface area contributed by atoms with Gasteiger partial charge in [-0.05, 0) is 24.9 Å². The molecule has 1 heterocycles. The number of aromatic nitrogens is 1. The number of halogens is 2. The molecule has 0 saturated carbocycles. The van der Waals surface area contributed by atoms with Crippen LogP contribution in [0.25, 0.3) is 0 Å². The summed E-state index contributed by atoms with van der Waals surface area (Å²) < 4.78 is 0. The van der Waals surface area contributed by atoms with Gasteiger partial charge in [0.15, 0.2) is 0 Å². The predicted octanol–water partition coefficient (Wildman–Crippen LogP) is 1.74. The van der Waals surface area contributed by atoms with Gasteiger partial charge in [0.25, 0.3) is 0 Å². The molecule has 0 bridgehead atoms. The number of rotatable bonds is 8.